The van der Waals surface area contributed by atoms with Crippen molar-refractivity contribution in [3.05, 3.63) is 0 Å². The van der Waals surface area contributed by atoms with Crippen LogP contribution in [0.2, 0.25) is 0 Å². The van der Waals surface area contributed by atoms with E-state index >= 15 is 0 Å². The zero-order chi connectivity index (χ0) is 10.6. The van der Waals surface area contributed by atoms with Gasteiger partial charge in [0.15, 0.2) is 6.29 Å². The predicted molar refractivity (Wildman–Crippen MR) is 55.1 cm³/mol. The van der Waals surface area contributed by atoms with Gasteiger partial charge in [-0.05, 0) is 0 Å². The van der Waals surface area contributed by atoms with Crippen LogP contribution in [0.15, 0.2) is 0 Å². The molecular formula is C8H20AlNaO5. The molecule has 0 rings (SSSR count). The SMILES string of the molecule is COCCOC(C[O][AlH2])OCCOC.[H-].[Na+]. The Kier molecular flexibility index (Phi) is 19.1. The first-order chi connectivity index (χ1) is 6.85. The van der Waals surface area contributed by atoms with Crippen molar-refractivity contribution in [3.8, 4) is 0 Å². The van der Waals surface area contributed by atoms with Crippen LogP contribution in [0, 0.1) is 0 Å². The van der Waals surface area contributed by atoms with Crippen LogP contribution in [0.25, 0.3) is 0 Å². The maximum Gasteiger partial charge on any atom is 1.00 e. The molecule has 0 aliphatic heterocycles. The number of hydrogen-bond acceptors (Lipinski definition) is 5. The quantitative estimate of drug-likeness (QED) is 0.226. The molecule has 0 heterocycles. The Balaban J connectivity index is -0.000000845. The minimum Gasteiger partial charge on any atom is -1.00 e. The van der Waals surface area contributed by atoms with Crippen molar-refractivity contribution in [3.63, 3.8) is 0 Å². The zero-order valence-corrected chi connectivity index (χ0v) is 14.2. The van der Waals surface area contributed by atoms with Crippen LogP contribution in [0.1, 0.15) is 1.43 Å². The Hall–Kier alpha value is 1.33. The molecule has 5 nitrogen and oxygen atoms in total. The third-order valence-electron chi connectivity index (χ3n) is 1.49. The van der Waals surface area contributed by atoms with Crippen molar-refractivity contribution in [1.29, 1.82) is 0 Å². The smallest absolute Gasteiger partial charge is 1.00 e. The predicted octanol–water partition coefficient (Wildman–Crippen LogP) is -3.68. The minimum atomic E-state index is -0.308. The van der Waals surface area contributed by atoms with Crippen molar-refractivity contribution in [2.75, 3.05) is 47.3 Å². The summed E-state index contributed by atoms with van der Waals surface area (Å²) in [6.07, 6.45) is -0.308. The van der Waals surface area contributed by atoms with E-state index in [-0.39, 0.29) is 37.3 Å². The zero-order valence-electron chi connectivity index (χ0n) is 11.2. The van der Waals surface area contributed by atoms with E-state index < -0.39 is 0 Å². The van der Waals surface area contributed by atoms with Gasteiger partial charge in [0.1, 0.15) is 0 Å². The van der Waals surface area contributed by atoms with Crippen molar-refractivity contribution in [2.45, 2.75) is 6.29 Å². The van der Waals surface area contributed by atoms with Crippen LogP contribution >= 0.6 is 0 Å². The van der Waals surface area contributed by atoms with Crippen LogP contribution < -0.4 is 29.6 Å². The van der Waals surface area contributed by atoms with Gasteiger partial charge in [-0.2, -0.15) is 0 Å². The van der Waals surface area contributed by atoms with Crippen LogP contribution in [0.3, 0.4) is 0 Å². The minimum absolute atomic E-state index is 0. The topological polar surface area (TPSA) is 46.2 Å². The van der Waals surface area contributed by atoms with Crippen molar-refractivity contribution >= 4 is 16.6 Å². The second-order valence-corrected chi connectivity index (χ2v) is 3.19. The second-order valence-electron chi connectivity index (χ2n) is 2.61. The van der Waals surface area contributed by atoms with E-state index in [0.29, 0.717) is 49.7 Å². The van der Waals surface area contributed by atoms with Crippen molar-refractivity contribution < 1.29 is 53.7 Å². The van der Waals surface area contributed by atoms with Crippen LogP contribution in [0.5, 0.6) is 0 Å². The fourth-order valence-corrected chi connectivity index (χ4v) is 1.08. The summed E-state index contributed by atoms with van der Waals surface area (Å²) in [6, 6.07) is 0. The molecule has 0 N–H and O–H groups in total. The summed E-state index contributed by atoms with van der Waals surface area (Å²) in [6.45, 7) is 2.62. The summed E-state index contributed by atoms with van der Waals surface area (Å²) in [5, 5.41) is 0. The van der Waals surface area contributed by atoms with Gasteiger partial charge in [-0.3, -0.25) is 0 Å². The van der Waals surface area contributed by atoms with E-state index in [9.17, 15) is 0 Å². The average molecular weight is 246 g/mol. The molecule has 0 aromatic rings. The van der Waals surface area contributed by atoms with Crippen molar-refractivity contribution in [1.82, 2.24) is 0 Å². The Bertz CT molecular complexity index is 115. The number of hydrogen-bond donors (Lipinski definition) is 0. The molecule has 0 aliphatic rings. The molecule has 0 fully saturated rings. The van der Waals surface area contributed by atoms with E-state index in [1.54, 1.807) is 14.2 Å². The molecule has 15 heavy (non-hydrogen) atoms. The molecule has 0 unspecified atom stereocenters. The fourth-order valence-electron chi connectivity index (χ4n) is 0.806. The summed E-state index contributed by atoms with van der Waals surface area (Å²) in [5.41, 5.74) is 0. The average Bonchev–Trinajstić information content (AvgIpc) is 2.18. The summed E-state index contributed by atoms with van der Waals surface area (Å²) in [5.74, 6) is 0. The van der Waals surface area contributed by atoms with E-state index in [1.807, 2.05) is 0 Å². The Morgan fingerprint density at radius 1 is 1.00 bits per heavy atom. The molecule has 0 atom stereocenters. The molecule has 0 bridgehead atoms. The molecule has 7 heteroatoms. The number of ether oxygens (including phenoxy) is 4. The summed E-state index contributed by atoms with van der Waals surface area (Å²) < 4.78 is 25.5. The number of rotatable bonds is 10. The molecule has 0 saturated heterocycles. The van der Waals surface area contributed by atoms with Gasteiger partial charge in [0.2, 0.25) is 0 Å². The van der Waals surface area contributed by atoms with E-state index in [0.717, 1.165) is 0 Å². The molecule has 0 spiro atoms. The first kappa shape index (κ1) is 18.7. The molecular weight excluding hydrogens is 226 g/mol. The third-order valence-corrected chi connectivity index (χ3v) is 1.82. The third kappa shape index (κ3) is 13.3. The van der Waals surface area contributed by atoms with Gasteiger partial charge in [0.05, 0.1) is 33.0 Å². The van der Waals surface area contributed by atoms with Gasteiger partial charge in [-0.25, -0.2) is 0 Å². The summed E-state index contributed by atoms with van der Waals surface area (Å²) in [4.78, 5) is 0. The van der Waals surface area contributed by atoms with Gasteiger partial charge in [-0.15, -0.1) is 0 Å². The number of methoxy groups -OCH3 is 2. The van der Waals surface area contributed by atoms with Crippen LogP contribution in [-0.4, -0.2) is 70.2 Å². The second kappa shape index (κ2) is 15.3. The Labute approximate surface area is 123 Å². The van der Waals surface area contributed by atoms with E-state index in [1.165, 1.54) is 0 Å². The van der Waals surface area contributed by atoms with E-state index in [2.05, 4.69) is 0 Å². The van der Waals surface area contributed by atoms with Crippen molar-refractivity contribution in [2.24, 2.45) is 0 Å². The van der Waals surface area contributed by atoms with Gasteiger partial charge < -0.3 is 24.2 Å². The normalized spacial score (nSPS) is 10.3. The largest absolute Gasteiger partial charge is 1.00 e. The molecule has 0 aliphatic carbocycles. The fraction of sp³-hybridized carbons (Fsp3) is 1.00. The van der Waals surface area contributed by atoms with Crippen LogP contribution in [-0.2, 0) is 22.7 Å². The first-order valence-corrected chi connectivity index (χ1v) is 5.36. The van der Waals surface area contributed by atoms with E-state index in [4.69, 9.17) is 22.7 Å². The summed E-state index contributed by atoms with van der Waals surface area (Å²) >= 11 is 0.684. The van der Waals surface area contributed by atoms with Crippen LogP contribution in [0.4, 0.5) is 0 Å². The van der Waals surface area contributed by atoms with Gasteiger partial charge in [0, 0.05) is 14.2 Å². The maximum absolute atomic E-state index is 5.36. The van der Waals surface area contributed by atoms with Gasteiger partial charge >= 0.3 is 46.2 Å². The molecule has 0 saturated carbocycles. The molecule has 0 radical (unpaired) electrons. The summed E-state index contributed by atoms with van der Waals surface area (Å²) in [7, 11) is 3.26. The first-order valence-electron chi connectivity index (χ1n) is 4.55. The maximum atomic E-state index is 5.36. The standard InChI is InChI=1S/C8H17O5.Al.Na.3H/c1-10-3-5-12-8(7-9)13-6-4-11-2;;;;;/h8H,3-7H2,1-2H3;;;;;/q-1;2*+1;;;-1. The van der Waals surface area contributed by atoms with Gasteiger partial charge in [0.25, 0.3) is 0 Å². The molecule has 86 valence electrons. The molecule has 0 aromatic carbocycles. The monoisotopic (exact) mass is 246 g/mol. The Morgan fingerprint density at radius 3 is 1.80 bits per heavy atom. The molecule has 0 amide bonds. The molecule has 0 aromatic heterocycles. The van der Waals surface area contributed by atoms with Gasteiger partial charge in [-0.1, -0.05) is 0 Å². The Morgan fingerprint density at radius 2 is 1.47 bits per heavy atom.